The highest BCUT2D eigenvalue weighted by Crippen LogP contribution is 2.30. The van der Waals surface area contributed by atoms with Crippen LogP contribution in [0, 0.1) is 5.92 Å². The van der Waals surface area contributed by atoms with Gasteiger partial charge >= 0.3 is 0 Å². The minimum Gasteiger partial charge on any atom is -0.495 e. The average Bonchev–Trinajstić information content (AvgIpc) is 2.66. The fraction of sp³-hybridized carbons (Fsp3) is 0.739. The number of unbranched alkanes of at least 4 members (excludes halogenated alkanes) is 1. The number of hydrogen-bond donors (Lipinski definition) is 0. The lowest BCUT2D eigenvalue weighted by Gasteiger charge is -2.28. The molecule has 2 unspecified atom stereocenters. The Labute approximate surface area is 156 Å². The fourth-order valence-electron chi connectivity index (χ4n) is 4.09. The second-order valence-electron chi connectivity index (χ2n) is 7.71. The monoisotopic (exact) mass is 345 g/mol. The van der Waals surface area contributed by atoms with E-state index in [-0.39, 0.29) is 0 Å². The highest BCUT2D eigenvalue weighted by molar-refractivity contribution is 5.07. The van der Waals surface area contributed by atoms with Crippen molar-refractivity contribution in [3.05, 3.63) is 36.4 Å². The predicted molar refractivity (Wildman–Crippen MR) is 108 cm³/mol. The van der Waals surface area contributed by atoms with Crippen LogP contribution in [0.15, 0.2) is 36.4 Å². The summed E-state index contributed by atoms with van der Waals surface area (Å²) in [6.07, 6.45) is 22.2. The van der Waals surface area contributed by atoms with E-state index in [9.17, 15) is 0 Å². The van der Waals surface area contributed by atoms with Crippen LogP contribution < -0.4 is 0 Å². The molecule has 1 aliphatic heterocycles. The zero-order chi connectivity index (χ0) is 17.9. The van der Waals surface area contributed by atoms with Gasteiger partial charge in [0.05, 0.1) is 11.9 Å². The van der Waals surface area contributed by atoms with Gasteiger partial charge in [-0.15, -0.1) is 0 Å². The minimum absolute atomic E-state index is 0.433. The number of likely N-dealkylation sites (tertiary alicyclic amines) is 1. The SMILES string of the molecule is C=CN1CCCC/C1=C\CCCC1CC=C(OC(CC)CCC)CC1. The van der Waals surface area contributed by atoms with E-state index in [1.165, 1.54) is 75.7 Å². The van der Waals surface area contributed by atoms with Crippen LogP contribution in [0.2, 0.25) is 0 Å². The predicted octanol–water partition coefficient (Wildman–Crippen LogP) is 6.95. The topological polar surface area (TPSA) is 12.5 Å². The number of piperidine rings is 1. The third-order valence-corrected chi connectivity index (χ3v) is 5.73. The second-order valence-corrected chi connectivity index (χ2v) is 7.71. The third kappa shape index (κ3) is 6.92. The smallest absolute Gasteiger partial charge is 0.0979 e. The molecule has 0 N–H and O–H groups in total. The molecule has 1 saturated heterocycles. The van der Waals surface area contributed by atoms with E-state index >= 15 is 0 Å². The molecule has 2 aliphatic rings. The molecule has 1 aliphatic carbocycles. The molecule has 2 heteroatoms. The van der Waals surface area contributed by atoms with Crippen molar-refractivity contribution in [3.63, 3.8) is 0 Å². The van der Waals surface area contributed by atoms with E-state index in [4.69, 9.17) is 4.74 Å². The van der Waals surface area contributed by atoms with Gasteiger partial charge in [-0.3, -0.25) is 0 Å². The lowest BCUT2D eigenvalue weighted by molar-refractivity contribution is 0.0905. The summed E-state index contributed by atoms with van der Waals surface area (Å²) >= 11 is 0. The van der Waals surface area contributed by atoms with E-state index in [1.54, 1.807) is 0 Å². The highest BCUT2D eigenvalue weighted by atomic mass is 16.5. The standard InChI is InChI=1S/C23H39NO/c1-4-11-22(5-2)25-23-17-15-20(16-18-23)12-7-8-13-21-14-9-10-19-24(21)6-3/h6,13,17,20,22H,3-5,7-12,14-16,18-19H2,1-2H3/b21-13+. The van der Waals surface area contributed by atoms with E-state index in [0.29, 0.717) is 6.10 Å². The van der Waals surface area contributed by atoms with Crippen molar-refractivity contribution in [1.29, 1.82) is 0 Å². The van der Waals surface area contributed by atoms with Crippen molar-refractivity contribution in [2.45, 2.75) is 97.0 Å². The molecule has 0 aromatic heterocycles. The van der Waals surface area contributed by atoms with E-state index in [0.717, 1.165) is 25.3 Å². The van der Waals surface area contributed by atoms with Crippen LogP contribution in [0.4, 0.5) is 0 Å². The van der Waals surface area contributed by atoms with Crippen molar-refractivity contribution in [3.8, 4) is 0 Å². The normalized spacial score (nSPS) is 24.1. The lowest BCUT2D eigenvalue weighted by atomic mass is 9.88. The first kappa shape index (κ1) is 20.1. The number of hydrogen-bond acceptors (Lipinski definition) is 2. The quantitative estimate of drug-likeness (QED) is 0.397. The van der Waals surface area contributed by atoms with Gasteiger partial charge in [-0.2, -0.15) is 0 Å². The van der Waals surface area contributed by atoms with Gasteiger partial charge in [0, 0.05) is 18.7 Å². The highest BCUT2D eigenvalue weighted by Gasteiger charge is 2.17. The van der Waals surface area contributed by atoms with Gasteiger partial charge in [0.2, 0.25) is 0 Å². The maximum Gasteiger partial charge on any atom is 0.0979 e. The third-order valence-electron chi connectivity index (χ3n) is 5.73. The van der Waals surface area contributed by atoms with Crippen LogP contribution in [0.5, 0.6) is 0 Å². The Morgan fingerprint density at radius 2 is 2.20 bits per heavy atom. The number of ether oxygens (including phenoxy) is 1. The first-order valence-electron chi connectivity index (χ1n) is 10.7. The first-order valence-corrected chi connectivity index (χ1v) is 10.7. The summed E-state index contributed by atoms with van der Waals surface area (Å²) in [6, 6.07) is 0. The van der Waals surface area contributed by atoms with Gasteiger partial charge in [-0.1, -0.05) is 32.9 Å². The Morgan fingerprint density at radius 3 is 2.88 bits per heavy atom. The van der Waals surface area contributed by atoms with Crippen molar-refractivity contribution >= 4 is 0 Å². The van der Waals surface area contributed by atoms with Gasteiger partial charge in [0.15, 0.2) is 0 Å². The summed E-state index contributed by atoms with van der Waals surface area (Å²) in [7, 11) is 0. The summed E-state index contributed by atoms with van der Waals surface area (Å²) in [5, 5.41) is 0. The van der Waals surface area contributed by atoms with Crippen LogP contribution in [-0.2, 0) is 4.74 Å². The average molecular weight is 346 g/mol. The van der Waals surface area contributed by atoms with Gasteiger partial charge < -0.3 is 9.64 Å². The molecule has 2 rings (SSSR count). The molecule has 0 aromatic carbocycles. The van der Waals surface area contributed by atoms with Gasteiger partial charge in [0.1, 0.15) is 0 Å². The summed E-state index contributed by atoms with van der Waals surface area (Å²) in [4.78, 5) is 2.34. The van der Waals surface area contributed by atoms with Crippen LogP contribution in [0.1, 0.15) is 90.9 Å². The molecule has 0 amide bonds. The Morgan fingerprint density at radius 1 is 1.32 bits per heavy atom. The number of allylic oxidation sites excluding steroid dienone is 4. The molecule has 0 spiro atoms. The van der Waals surface area contributed by atoms with Crippen molar-refractivity contribution in [2.75, 3.05) is 6.54 Å². The Bertz CT molecular complexity index is 451. The fourth-order valence-corrected chi connectivity index (χ4v) is 4.09. The Kier molecular flexibility index (Phi) is 9.21. The van der Waals surface area contributed by atoms with E-state index in [1.807, 2.05) is 6.20 Å². The first-order chi connectivity index (χ1) is 12.3. The molecule has 0 aromatic rings. The Balaban J connectivity index is 1.67. The Hall–Kier alpha value is -1.18. The van der Waals surface area contributed by atoms with Crippen LogP contribution in [-0.4, -0.2) is 17.5 Å². The summed E-state index contributed by atoms with van der Waals surface area (Å²) in [6.45, 7) is 9.58. The molecule has 0 radical (unpaired) electrons. The van der Waals surface area contributed by atoms with Crippen molar-refractivity contribution in [2.24, 2.45) is 5.92 Å². The molecule has 0 saturated carbocycles. The van der Waals surface area contributed by atoms with Crippen molar-refractivity contribution in [1.82, 2.24) is 4.90 Å². The van der Waals surface area contributed by atoms with Crippen LogP contribution in [0.25, 0.3) is 0 Å². The van der Waals surface area contributed by atoms with Gasteiger partial charge in [0.25, 0.3) is 0 Å². The zero-order valence-corrected chi connectivity index (χ0v) is 16.6. The molecule has 0 bridgehead atoms. The van der Waals surface area contributed by atoms with Gasteiger partial charge in [-0.05, 0) is 82.4 Å². The summed E-state index contributed by atoms with van der Waals surface area (Å²) in [5.41, 5.74) is 1.50. The molecule has 2 nitrogen and oxygen atoms in total. The largest absolute Gasteiger partial charge is 0.495 e. The number of rotatable bonds is 10. The molecule has 1 fully saturated rings. The van der Waals surface area contributed by atoms with Crippen LogP contribution in [0.3, 0.4) is 0 Å². The molecular weight excluding hydrogens is 306 g/mol. The summed E-state index contributed by atoms with van der Waals surface area (Å²) < 4.78 is 6.20. The van der Waals surface area contributed by atoms with Crippen molar-refractivity contribution < 1.29 is 4.74 Å². The van der Waals surface area contributed by atoms with E-state index in [2.05, 4.69) is 37.5 Å². The molecular formula is C23H39NO. The molecule has 25 heavy (non-hydrogen) atoms. The maximum atomic E-state index is 6.20. The molecule has 1 heterocycles. The second kappa shape index (κ2) is 11.4. The summed E-state index contributed by atoms with van der Waals surface area (Å²) in [5.74, 6) is 2.13. The van der Waals surface area contributed by atoms with Crippen LogP contribution >= 0.6 is 0 Å². The van der Waals surface area contributed by atoms with E-state index < -0.39 is 0 Å². The zero-order valence-electron chi connectivity index (χ0n) is 16.6. The molecule has 2 atom stereocenters. The van der Waals surface area contributed by atoms with Gasteiger partial charge in [-0.25, -0.2) is 0 Å². The minimum atomic E-state index is 0.433. The maximum absolute atomic E-state index is 6.20. The number of nitrogens with zero attached hydrogens (tertiary/aromatic N) is 1. The lowest BCUT2D eigenvalue weighted by Crippen LogP contribution is -2.22. The molecule has 142 valence electrons.